The van der Waals surface area contributed by atoms with E-state index in [-0.39, 0.29) is 0 Å². The molecule has 0 unspecified atom stereocenters. The van der Waals surface area contributed by atoms with E-state index in [1.165, 1.54) is 77.0 Å². The van der Waals surface area contributed by atoms with Crippen LogP contribution in [0.5, 0.6) is 0 Å². The van der Waals surface area contributed by atoms with Crippen LogP contribution in [-0.2, 0) is 9.47 Å². The molecule has 3 heteroatoms. The van der Waals surface area contributed by atoms with Crippen LogP contribution in [0, 0.1) is 0 Å². The summed E-state index contributed by atoms with van der Waals surface area (Å²) in [6.07, 6.45) is 20.2. The molecule has 0 aliphatic carbocycles. The van der Waals surface area contributed by atoms with Crippen LogP contribution >= 0.6 is 0 Å². The Hall–Kier alpha value is -0.730. The molecule has 0 radical (unpaired) electrons. The number of hydrogen-bond acceptors (Lipinski definition) is 3. The topological polar surface area (TPSA) is 35.5 Å². The fourth-order valence-corrected chi connectivity index (χ4v) is 2.79. The monoisotopic (exact) mass is 342 g/mol. The first-order valence-electron chi connectivity index (χ1n) is 10.6. The molecule has 0 heterocycles. The van der Waals surface area contributed by atoms with E-state index in [9.17, 15) is 4.79 Å². The second-order valence-corrected chi connectivity index (χ2v) is 6.90. The predicted molar refractivity (Wildman–Crippen MR) is 103 cm³/mol. The predicted octanol–water partition coefficient (Wildman–Crippen LogP) is 7.42. The maximum absolute atomic E-state index is 11.2. The van der Waals surface area contributed by atoms with Crippen molar-refractivity contribution in [1.82, 2.24) is 0 Å². The lowest BCUT2D eigenvalue weighted by atomic mass is 10.0. The molecule has 0 aromatic heterocycles. The van der Waals surface area contributed by atoms with Crippen LogP contribution in [0.15, 0.2) is 0 Å². The number of rotatable bonds is 18. The Morgan fingerprint density at radius 3 is 1.25 bits per heavy atom. The van der Waals surface area contributed by atoms with Gasteiger partial charge in [0.2, 0.25) is 0 Å². The van der Waals surface area contributed by atoms with Crippen molar-refractivity contribution >= 4 is 6.16 Å². The highest BCUT2D eigenvalue weighted by atomic mass is 16.7. The lowest BCUT2D eigenvalue weighted by Crippen LogP contribution is -2.09. The lowest BCUT2D eigenvalue weighted by Gasteiger charge is -2.06. The number of carbonyl (C=O) groups is 1. The minimum Gasteiger partial charge on any atom is -0.434 e. The smallest absolute Gasteiger partial charge is 0.434 e. The zero-order valence-electron chi connectivity index (χ0n) is 16.5. The second-order valence-electron chi connectivity index (χ2n) is 6.90. The minimum absolute atomic E-state index is 0.480. The van der Waals surface area contributed by atoms with Crippen molar-refractivity contribution in [2.45, 2.75) is 117 Å². The van der Waals surface area contributed by atoms with Crippen LogP contribution in [-0.4, -0.2) is 19.4 Å². The van der Waals surface area contributed by atoms with Gasteiger partial charge in [0.1, 0.15) is 0 Å². The summed E-state index contributed by atoms with van der Waals surface area (Å²) in [5.41, 5.74) is 0. The second kappa shape index (κ2) is 20.3. The summed E-state index contributed by atoms with van der Waals surface area (Å²) >= 11 is 0. The number of hydrogen-bond donors (Lipinski definition) is 0. The van der Waals surface area contributed by atoms with E-state index in [0.717, 1.165) is 25.7 Å². The van der Waals surface area contributed by atoms with Gasteiger partial charge >= 0.3 is 6.16 Å². The molecule has 0 aliphatic rings. The molecule has 0 rings (SSSR count). The summed E-state index contributed by atoms with van der Waals surface area (Å²) in [6.45, 7) is 5.33. The van der Waals surface area contributed by atoms with Gasteiger partial charge in [-0.25, -0.2) is 4.79 Å². The van der Waals surface area contributed by atoms with Crippen molar-refractivity contribution in [2.24, 2.45) is 0 Å². The van der Waals surface area contributed by atoms with E-state index in [0.29, 0.717) is 13.2 Å². The Balaban J connectivity index is 3.06. The van der Waals surface area contributed by atoms with E-state index < -0.39 is 6.16 Å². The number of unbranched alkanes of at least 4 members (excludes halogenated alkanes) is 14. The fraction of sp³-hybridized carbons (Fsp3) is 0.952. The van der Waals surface area contributed by atoms with Gasteiger partial charge in [-0.3, -0.25) is 0 Å². The van der Waals surface area contributed by atoms with Crippen molar-refractivity contribution in [3.63, 3.8) is 0 Å². The van der Waals surface area contributed by atoms with Gasteiger partial charge in [0.25, 0.3) is 0 Å². The Morgan fingerprint density at radius 2 is 0.833 bits per heavy atom. The normalized spacial score (nSPS) is 10.8. The first-order chi connectivity index (χ1) is 11.8. The van der Waals surface area contributed by atoms with Crippen molar-refractivity contribution in [1.29, 1.82) is 0 Å². The van der Waals surface area contributed by atoms with E-state index in [4.69, 9.17) is 9.47 Å². The van der Waals surface area contributed by atoms with E-state index in [2.05, 4.69) is 13.8 Å². The molecule has 0 bridgehead atoms. The van der Waals surface area contributed by atoms with Gasteiger partial charge in [-0.05, 0) is 12.8 Å². The molecule has 0 atom stereocenters. The third-order valence-electron chi connectivity index (χ3n) is 4.44. The first kappa shape index (κ1) is 23.3. The van der Waals surface area contributed by atoms with Crippen LogP contribution in [0.3, 0.4) is 0 Å². The van der Waals surface area contributed by atoms with Crippen LogP contribution in [0.1, 0.15) is 117 Å². The van der Waals surface area contributed by atoms with E-state index in [1.54, 1.807) is 0 Å². The summed E-state index contributed by atoms with van der Waals surface area (Å²) in [5.74, 6) is 0. The average molecular weight is 343 g/mol. The third-order valence-corrected chi connectivity index (χ3v) is 4.44. The Labute approximate surface area is 150 Å². The Morgan fingerprint density at radius 1 is 0.500 bits per heavy atom. The maximum Gasteiger partial charge on any atom is 0.508 e. The van der Waals surface area contributed by atoms with Gasteiger partial charge < -0.3 is 9.47 Å². The molecular weight excluding hydrogens is 300 g/mol. The molecule has 24 heavy (non-hydrogen) atoms. The van der Waals surface area contributed by atoms with Gasteiger partial charge in [-0.1, -0.05) is 104 Å². The van der Waals surface area contributed by atoms with E-state index in [1.807, 2.05) is 0 Å². The molecule has 0 N–H and O–H groups in total. The third kappa shape index (κ3) is 19.3. The van der Waals surface area contributed by atoms with Gasteiger partial charge in [-0.15, -0.1) is 0 Å². The molecule has 144 valence electrons. The number of carbonyl (C=O) groups excluding carboxylic acids is 1. The van der Waals surface area contributed by atoms with Crippen LogP contribution in [0.2, 0.25) is 0 Å². The van der Waals surface area contributed by atoms with Gasteiger partial charge in [-0.2, -0.15) is 0 Å². The highest BCUT2D eigenvalue weighted by molar-refractivity contribution is 5.59. The van der Waals surface area contributed by atoms with Crippen molar-refractivity contribution in [2.75, 3.05) is 13.2 Å². The number of ether oxygens (including phenoxy) is 2. The summed E-state index contributed by atoms with van der Waals surface area (Å²) in [7, 11) is 0. The van der Waals surface area contributed by atoms with Crippen LogP contribution in [0.25, 0.3) is 0 Å². The zero-order valence-corrected chi connectivity index (χ0v) is 16.5. The largest absolute Gasteiger partial charge is 0.508 e. The molecule has 0 amide bonds. The maximum atomic E-state index is 11.2. The molecular formula is C21H42O3. The molecule has 0 aromatic rings. The van der Waals surface area contributed by atoms with E-state index >= 15 is 0 Å². The Bertz CT molecular complexity index is 253. The minimum atomic E-state index is -0.502. The van der Waals surface area contributed by atoms with Crippen molar-refractivity contribution in [3.8, 4) is 0 Å². The molecule has 0 saturated carbocycles. The molecule has 0 aromatic carbocycles. The molecule has 0 fully saturated rings. The standard InChI is InChI=1S/C21H42O3/c1-3-5-7-8-9-10-11-12-13-14-15-16-17-18-20-24-21(22)23-19-6-4-2/h3-20H2,1-2H3. The lowest BCUT2D eigenvalue weighted by molar-refractivity contribution is 0.0532. The van der Waals surface area contributed by atoms with Gasteiger partial charge in [0, 0.05) is 0 Å². The molecule has 0 spiro atoms. The first-order valence-corrected chi connectivity index (χ1v) is 10.6. The highest BCUT2D eigenvalue weighted by Crippen LogP contribution is 2.12. The average Bonchev–Trinajstić information content (AvgIpc) is 2.58. The molecule has 0 saturated heterocycles. The van der Waals surface area contributed by atoms with Crippen LogP contribution in [0.4, 0.5) is 4.79 Å². The van der Waals surface area contributed by atoms with Crippen molar-refractivity contribution < 1.29 is 14.3 Å². The zero-order chi connectivity index (χ0) is 17.7. The summed E-state index contributed by atoms with van der Waals surface area (Å²) in [4.78, 5) is 11.2. The fourth-order valence-electron chi connectivity index (χ4n) is 2.79. The highest BCUT2D eigenvalue weighted by Gasteiger charge is 2.02. The van der Waals surface area contributed by atoms with Crippen LogP contribution < -0.4 is 0 Å². The summed E-state index contributed by atoms with van der Waals surface area (Å²) in [5, 5.41) is 0. The SMILES string of the molecule is CCCCCCCCCCCCCCCCOC(=O)OCCCC. The summed E-state index contributed by atoms with van der Waals surface area (Å²) < 4.78 is 9.97. The Kier molecular flexibility index (Phi) is 19.7. The van der Waals surface area contributed by atoms with Crippen molar-refractivity contribution in [3.05, 3.63) is 0 Å². The van der Waals surface area contributed by atoms with Gasteiger partial charge in [0.15, 0.2) is 0 Å². The summed E-state index contributed by atoms with van der Waals surface area (Å²) in [6, 6.07) is 0. The quantitative estimate of drug-likeness (QED) is 0.192. The molecule has 3 nitrogen and oxygen atoms in total. The van der Waals surface area contributed by atoms with Gasteiger partial charge in [0.05, 0.1) is 13.2 Å². The molecule has 0 aliphatic heterocycles.